The molecule has 1 aromatic rings. The van der Waals surface area contributed by atoms with E-state index in [2.05, 4.69) is 31.1 Å². The minimum atomic E-state index is -0.207. The summed E-state index contributed by atoms with van der Waals surface area (Å²) in [7, 11) is 0. The van der Waals surface area contributed by atoms with Crippen molar-refractivity contribution in [1.29, 1.82) is 5.26 Å². The third kappa shape index (κ3) is 2.71. The van der Waals surface area contributed by atoms with Gasteiger partial charge in [-0.05, 0) is 25.0 Å². The molecule has 0 aliphatic heterocycles. The van der Waals surface area contributed by atoms with Crippen LogP contribution < -0.4 is 11.1 Å². The quantitative estimate of drug-likeness (QED) is 0.807. The number of hydrogen-bond acceptors (Lipinski definition) is 4. The van der Waals surface area contributed by atoms with Crippen molar-refractivity contribution in [3.63, 3.8) is 0 Å². The van der Waals surface area contributed by atoms with Crippen LogP contribution in [-0.2, 0) is 0 Å². The minimum absolute atomic E-state index is 0.207. The molecule has 0 aliphatic carbocycles. The summed E-state index contributed by atoms with van der Waals surface area (Å²) in [6.07, 6.45) is 0. The van der Waals surface area contributed by atoms with Crippen LogP contribution in [-0.4, -0.2) is 17.1 Å². The second-order valence-electron chi connectivity index (χ2n) is 4.42. The lowest BCUT2D eigenvalue weighted by molar-refractivity contribution is 0.381. The molecule has 1 heterocycles. The van der Waals surface area contributed by atoms with E-state index in [-0.39, 0.29) is 5.54 Å². The highest BCUT2D eigenvalue weighted by atomic mass is 15.1. The molecule has 0 spiro atoms. The van der Waals surface area contributed by atoms with Crippen LogP contribution in [0, 0.1) is 17.2 Å². The fourth-order valence-electron chi connectivity index (χ4n) is 1.29. The van der Waals surface area contributed by atoms with Crippen LogP contribution in [0.2, 0.25) is 0 Å². The number of nitrogens with one attached hydrogen (secondary N) is 1. The van der Waals surface area contributed by atoms with Crippen LogP contribution in [0.3, 0.4) is 0 Å². The number of nitriles is 1. The predicted molar refractivity (Wildman–Crippen MR) is 64.9 cm³/mol. The Morgan fingerprint density at radius 2 is 2.25 bits per heavy atom. The number of hydrogen-bond donors (Lipinski definition) is 2. The third-order valence-corrected chi connectivity index (χ3v) is 2.98. The van der Waals surface area contributed by atoms with Crippen LogP contribution in [0.4, 0.5) is 5.82 Å². The van der Waals surface area contributed by atoms with Gasteiger partial charge in [0.05, 0.1) is 5.54 Å². The van der Waals surface area contributed by atoms with Crippen molar-refractivity contribution in [3.8, 4) is 6.07 Å². The first-order valence-corrected chi connectivity index (χ1v) is 5.37. The average Bonchev–Trinajstić information content (AvgIpc) is 2.29. The second kappa shape index (κ2) is 4.95. The maximum absolute atomic E-state index is 8.76. The van der Waals surface area contributed by atoms with Crippen LogP contribution in [0.1, 0.15) is 26.5 Å². The lowest BCUT2D eigenvalue weighted by atomic mass is 9.88. The van der Waals surface area contributed by atoms with E-state index < -0.39 is 0 Å². The highest BCUT2D eigenvalue weighted by Crippen LogP contribution is 2.20. The molecule has 1 unspecified atom stereocenters. The van der Waals surface area contributed by atoms with E-state index in [1.807, 2.05) is 18.2 Å². The van der Waals surface area contributed by atoms with E-state index >= 15 is 0 Å². The van der Waals surface area contributed by atoms with Gasteiger partial charge in [0.25, 0.3) is 0 Å². The van der Waals surface area contributed by atoms with Gasteiger partial charge >= 0.3 is 0 Å². The third-order valence-electron chi connectivity index (χ3n) is 2.98. The van der Waals surface area contributed by atoms with E-state index in [4.69, 9.17) is 11.0 Å². The Morgan fingerprint density at radius 1 is 1.56 bits per heavy atom. The van der Waals surface area contributed by atoms with Crippen LogP contribution in [0.5, 0.6) is 0 Å². The SMILES string of the molecule is CC(C)C(C)(CN)Nc1cccc(C#N)n1. The van der Waals surface area contributed by atoms with Gasteiger partial charge in [0.2, 0.25) is 0 Å². The number of pyridine rings is 1. The molecule has 0 radical (unpaired) electrons. The smallest absolute Gasteiger partial charge is 0.142 e. The minimum Gasteiger partial charge on any atom is -0.363 e. The van der Waals surface area contributed by atoms with Gasteiger partial charge in [-0.25, -0.2) is 4.98 Å². The Balaban J connectivity index is 2.91. The van der Waals surface area contributed by atoms with Crippen LogP contribution in [0.15, 0.2) is 18.2 Å². The molecular formula is C12H18N4. The number of aromatic nitrogens is 1. The zero-order valence-corrected chi connectivity index (χ0v) is 9.99. The number of anilines is 1. The standard InChI is InChI=1S/C12H18N4/c1-9(2)12(3,8-14)16-11-6-4-5-10(7-13)15-11/h4-6,9H,8,14H2,1-3H3,(H,15,16). The van der Waals surface area contributed by atoms with E-state index in [9.17, 15) is 0 Å². The molecule has 0 amide bonds. The molecule has 86 valence electrons. The maximum Gasteiger partial charge on any atom is 0.142 e. The normalized spacial score (nSPS) is 14.2. The lowest BCUT2D eigenvalue weighted by Gasteiger charge is -2.34. The Kier molecular flexibility index (Phi) is 3.86. The van der Waals surface area contributed by atoms with Crippen molar-refractivity contribution >= 4 is 5.82 Å². The Bertz CT molecular complexity index is 394. The van der Waals surface area contributed by atoms with E-state index in [0.717, 1.165) is 0 Å². The highest BCUT2D eigenvalue weighted by Gasteiger charge is 2.26. The van der Waals surface area contributed by atoms with Crippen molar-refractivity contribution in [2.75, 3.05) is 11.9 Å². The summed E-state index contributed by atoms with van der Waals surface area (Å²) in [4.78, 5) is 4.18. The molecule has 0 fully saturated rings. The summed E-state index contributed by atoms with van der Waals surface area (Å²) in [6.45, 7) is 6.78. The number of nitrogens with two attached hydrogens (primary N) is 1. The molecular weight excluding hydrogens is 200 g/mol. The van der Waals surface area contributed by atoms with Crippen molar-refractivity contribution in [2.24, 2.45) is 11.7 Å². The highest BCUT2D eigenvalue weighted by molar-refractivity contribution is 5.41. The average molecular weight is 218 g/mol. The predicted octanol–water partition coefficient (Wildman–Crippen LogP) is 1.74. The summed E-state index contributed by atoms with van der Waals surface area (Å²) >= 11 is 0. The van der Waals surface area contributed by atoms with E-state index in [0.29, 0.717) is 24.0 Å². The molecule has 1 aromatic heterocycles. The zero-order chi connectivity index (χ0) is 12.2. The molecule has 0 bridgehead atoms. The van der Waals surface area contributed by atoms with Crippen molar-refractivity contribution in [2.45, 2.75) is 26.3 Å². The van der Waals surface area contributed by atoms with Gasteiger partial charge in [-0.2, -0.15) is 5.26 Å². The van der Waals surface area contributed by atoms with Crippen LogP contribution in [0.25, 0.3) is 0 Å². The van der Waals surface area contributed by atoms with Gasteiger partial charge in [0.1, 0.15) is 17.6 Å². The molecule has 4 nitrogen and oxygen atoms in total. The fraction of sp³-hybridized carbons (Fsp3) is 0.500. The van der Waals surface area contributed by atoms with Crippen molar-refractivity contribution in [3.05, 3.63) is 23.9 Å². The topological polar surface area (TPSA) is 74.7 Å². The zero-order valence-electron chi connectivity index (χ0n) is 9.99. The molecule has 1 rings (SSSR count). The molecule has 0 aromatic carbocycles. The summed E-state index contributed by atoms with van der Waals surface area (Å²) in [5.74, 6) is 1.07. The van der Waals surface area contributed by atoms with Crippen LogP contribution >= 0.6 is 0 Å². The van der Waals surface area contributed by atoms with Gasteiger partial charge in [-0.3, -0.25) is 0 Å². The molecule has 0 saturated heterocycles. The number of nitrogens with zero attached hydrogens (tertiary/aromatic N) is 2. The molecule has 4 heteroatoms. The molecule has 16 heavy (non-hydrogen) atoms. The summed E-state index contributed by atoms with van der Waals surface area (Å²) in [5.41, 5.74) is 5.97. The molecule has 1 atom stereocenters. The second-order valence-corrected chi connectivity index (χ2v) is 4.42. The first-order valence-electron chi connectivity index (χ1n) is 5.37. The van der Waals surface area contributed by atoms with Crippen molar-refractivity contribution < 1.29 is 0 Å². The Labute approximate surface area is 96.5 Å². The fourth-order valence-corrected chi connectivity index (χ4v) is 1.29. The number of rotatable bonds is 4. The van der Waals surface area contributed by atoms with E-state index in [1.54, 1.807) is 6.07 Å². The van der Waals surface area contributed by atoms with E-state index in [1.165, 1.54) is 0 Å². The Morgan fingerprint density at radius 3 is 2.75 bits per heavy atom. The largest absolute Gasteiger partial charge is 0.363 e. The monoisotopic (exact) mass is 218 g/mol. The molecule has 0 aliphatic rings. The summed E-state index contributed by atoms with van der Waals surface area (Å²) in [6, 6.07) is 7.35. The molecule has 3 N–H and O–H groups in total. The summed E-state index contributed by atoms with van der Waals surface area (Å²) in [5, 5.41) is 12.1. The summed E-state index contributed by atoms with van der Waals surface area (Å²) < 4.78 is 0. The lowest BCUT2D eigenvalue weighted by Crippen LogP contribution is -2.47. The van der Waals surface area contributed by atoms with Crippen molar-refractivity contribution in [1.82, 2.24) is 4.98 Å². The van der Waals surface area contributed by atoms with Gasteiger partial charge in [0.15, 0.2) is 0 Å². The van der Waals surface area contributed by atoms with Gasteiger partial charge in [0, 0.05) is 6.54 Å². The van der Waals surface area contributed by atoms with Gasteiger partial charge in [-0.1, -0.05) is 19.9 Å². The van der Waals surface area contributed by atoms with Gasteiger partial charge in [-0.15, -0.1) is 0 Å². The maximum atomic E-state index is 8.76. The molecule has 0 saturated carbocycles. The first-order chi connectivity index (χ1) is 7.51. The Hall–Kier alpha value is -1.60. The van der Waals surface area contributed by atoms with Gasteiger partial charge < -0.3 is 11.1 Å². The first kappa shape index (κ1) is 12.5.